The molecule has 1 aliphatic carbocycles. The van der Waals surface area contributed by atoms with Gasteiger partial charge in [-0.15, -0.1) is 0 Å². The Hall–Kier alpha value is -2.40. The third kappa shape index (κ3) is 4.82. The van der Waals surface area contributed by atoms with Gasteiger partial charge in [0.05, 0.1) is 13.0 Å². The van der Waals surface area contributed by atoms with E-state index in [1.165, 1.54) is 36.1 Å². The highest BCUT2D eigenvalue weighted by Gasteiger charge is 2.12. The molecule has 0 saturated carbocycles. The third-order valence-corrected chi connectivity index (χ3v) is 4.54. The van der Waals surface area contributed by atoms with Crippen molar-refractivity contribution in [3.8, 4) is 5.75 Å². The first-order valence-electron chi connectivity index (χ1n) is 8.97. The number of rotatable bonds is 7. The van der Waals surface area contributed by atoms with Crippen LogP contribution < -0.4 is 10.1 Å². The van der Waals surface area contributed by atoms with Crippen molar-refractivity contribution in [1.82, 2.24) is 0 Å². The van der Waals surface area contributed by atoms with Gasteiger partial charge in [-0.25, -0.2) is 4.39 Å². The van der Waals surface area contributed by atoms with Crippen LogP contribution in [0, 0.1) is 5.82 Å². The molecule has 1 amide bonds. The number of benzene rings is 2. The lowest BCUT2D eigenvalue weighted by molar-refractivity contribution is -0.115. The molecule has 0 fully saturated rings. The number of halogens is 1. The van der Waals surface area contributed by atoms with E-state index in [2.05, 4.69) is 17.4 Å². The summed E-state index contributed by atoms with van der Waals surface area (Å²) in [5.41, 5.74) is 4.16. The van der Waals surface area contributed by atoms with Crippen LogP contribution in [-0.2, 0) is 28.8 Å². The molecule has 0 saturated heterocycles. The second-order valence-corrected chi connectivity index (χ2v) is 6.52. The molecule has 0 bridgehead atoms. The Bertz CT molecular complexity index is 776. The van der Waals surface area contributed by atoms with Gasteiger partial charge in [0.25, 0.3) is 0 Å². The summed E-state index contributed by atoms with van der Waals surface area (Å²) in [6, 6.07) is 10.7. The van der Waals surface area contributed by atoms with E-state index in [4.69, 9.17) is 9.47 Å². The summed E-state index contributed by atoms with van der Waals surface area (Å²) in [6.45, 7) is 0.663. The number of hydrogen-bond donors (Lipinski definition) is 1. The van der Waals surface area contributed by atoms with Gasteiger partial charge in [0.2, 0.25) is 5.91 Å². The molecular formula is C21H24FNO3. The normalized spacial score (nSPS) is 13.2. The number of carbonyl (C=O) groups excluding carboxylic acids is 1. The Morgan fingerprint density at radius 3 is 2.65 bits per heavy atom. The second kappa shape index (κ2) is 8.81. The highest BCUT2D eigenvalue weighted by atomic mass is 19.1. The molecule has 0 atom stereocenters. The number of ether oxygens (including phenoxy) is 2. The van der Waals surface area contributed by atoms with Gasteiger partial charge in [-0.3, -0.25) is 4.79 Å². The molecule has 0 unspecified atom stereocenters. The van der Waals surface area contributed by atoms with Crippen LogP contribution in [0.15, 0.2) is 36.4 Å². The fourth-order valence-electron chi connectivity index (χ4n) is 3.22. The number of nitrogens with one attached hydrogen (secondary N) is 1. The molecule has 1 aliphatic rings. The van der Waals surface area contributed by atoms with Crippen molar-refractivity contribution in [1.29, 1.82) is 0 Å². The molecule has 0 aromatic heterocycles. The van der Waals surface area contributed by atoms with Crippen LogP contribution in [0.4, 0.5) is 10.1 Å². The summed E-state index contributed by atoms with van der Waals surface area (Å²) >= 11 is 0. The number of amides is 1. The van der Waals surface area contributed by atoms with Gasteiger partial charge in [0.15, 0.2) is 11.6 Å². The molecule has 2 aromatic rings. The molecule has 5 heteroatoms. The Labute approximate surface area is 153 Å². The van der Waals surface area contributed by atoms with Crippen LogP contribution in [0.5, 0.6) is 5.75 Å². The minimum atomic E-state index is -0.507. The van der Waals surface area contributed by atoms with Gasteiger partial charge in [0, 0.05) is 18.9 Å². The SMILES string of the molecule is COCCOc1ccc(NC(=O)Cc2ccc3c(c2)CCCC3)cc1F. The van der Waals surface area contributed by atoms with Crippen molar-refractivity contribution in [2.24, 2.45) is 0 Å². The molecule has 0 heterocycles. The highest BCUT2D eigenvalue weighted by molar-refractivity contribution is 5.92. The van der Waals surface area contributed by atoms with E-state index in [0.29, 0.717) is 12.3 Å². The van der Waals surface area contributed by atoms with Gasteiger partial charge in [0.1, 0.15) is 6.61 Å². The lowest BCUT2D eigenvalue weighted by atomic mass is 9.90. The maximum atomic E-state index is 14.0. The maximum Gasteiger partial charge on any atom is 0.228 e. The van der Waals surface area contributed by atoms with Crippen LogP contribution in [-0.4, -0.2) is 26.2 Å². The molecular weight excluding hydrogens is 333 g/mol. The van der Waals surface area contributed by atoms with Crippen molar-refractivity contribution in [3.63, 3.8) is 0 Å². The summed E-state index contributed by atoms with van der Waals surface area (Å²) in [5.74, 6) is -0.518. The van der Waals surface area contributed by atoms with E-state index in [1.54, 1.807) is 13.2 Å². The van der Waals surface area contributed by atoms with Crippen LogP contribution in [0.1, 0.15) is 29.5 Å². The monoisotopic (exact) mass is 357 g/mol. The molecule has 1 N–H and O–H groups in total. The molecule has 0 spiro atoms. The van der Waals surface area contributed by atoms with Crippen molar-refractivity contribution in [2.75, 3.05) is 25.6 Å². The van der Waals surface area contributed by atoms with Crippen LogP contribution in [0.25, 0.3) is 0 Å². The first-order valence-corrected chi connectivity index (χ1v) is 8.97. The summed E-state index contributed by atoms with van der Waals surface area (Å²) in [6.07, 6.45) is 4.94. The van der Waals surface area contributed by atoms with Gasteiger partial charge in [-0.1, -0.05) is 18.2 Å². The molecule has 138 valence electrons. The second-order valence-electron chi connectivity index (χ2n) is 6.52. The fourth-order valence-corrected chi connectivity index (χ4v) is 3.22. The number of carbonyl (C=O) groups is 1. The van der Waals surface area contributed by atoms with E-state index in [9.17, 15) is 9.18 Å². The zero-order valence-corrected chi connectivity index (χ0v) is 15.0. The Morgan fingerprint density at radius 1 is 1.08 bits per heavy atom. The smallest absolute Gasteiger partial charge is 0.228 e. The van der Waals surface area contributed by atoms with Gasteiger partial charge >= 0.3 is 0 Å². The Morgan fingerprint density at radius 2 is 1.88 bits per heavy atom. The lowest BCUT2D eigenvalue weighted by Crippen LogP contribution is -2.15. The Balaban J connectivity index is 1.58. The number of hydrogen-bond acceptors (Lipinski definition) is 3. The zero-order chi connectivity index (χ0) is 18.4. The summed E-state index contributed by atoms with van der Waals surface area (Å²) < 4.78 is 24.2. The first-order chi connectivity index (χ1) is 12.7. The molecule has 2 aromatic carbocycles. The van der Waals surface area contributed by atoms with Gasteiger partial charge < -0.3 is 14.8 Å². The third-order valence-electron chi connectivity index (χ3n) is 4.54. The van der Waals surface area contributed by atoms with E-state index < -0.39 is 5.82 Å². The van der Waals surface area contributed by atoms with Crippen LogP contribution in [0.3, 0.4) is 0 Å². The number of fused-ring (bicyclic) bond motifs is 1. The maximum absolute atomic E-state index is 14.0. The standard InChI is InChI=1S/C21H24FNO3/c1-25-10-11-26-20-9-8-18(14-19(20)22)23-21(24)13-15-6-7-16-4-2-3-5-17(16)12-15/h6-9,12,14H,2-5,10-11,13H2,1H3,(H,23,24). The average molecular weight is 357 g/mol. The summed E-state index contributed by atoms with van der Waals surface area (Å²) in [5, 5.41) is 2.75. The van der Waals surface area contributed by atoms with Crippen molar-refractivity contribution >= 4 is 11.6 Å². The number of aryl methyl sites for hydroxylation is 2. The highest BCUT2D eigenvalue weighted by Crippen LogP contribution is 2.23. The summed E-state index contributed by atoms with van der Waals surface area (Å²) in [4.78, 5) is 12.3. The minimum Gasteiger partial charge on any atom is -0.488 e. The fraction of sp³-hybridized carbons (Fsp3) is 0.381. The van der Waals surface area contributed by atoms with Crippen molar-refractivity contribution in [2.45, 2.75) is 32.1 Å². The van der Waals surface area contributed by atoms with Crippen LogP contribution in [0.2, 0.25) is 0 Å². The van der Waals surface area contributed by atoms with E-state index >= 15 is 0 Å². The Kier molecular flexibility index (Phi) is 6.23. The predicted molar refractivity (Wildman–Crippen MR) is 99.2 cm³/mol. The largest absolute Gasteiger partial charge is 0.488 e. The van der Waals surface area contributed by atoms with Crippen LogP contribution >= 0.6 is 0 Å². The van der Waals surface area contributed by atoms with E-state index in [-0.39, 0.29) is 24.7 Å². The quantitative estimate of drug-likeness (QED) is 0.764. The molecule has 0 radical (unpaired) electrons. The molecule has 26 heavy (non-hydrogen) atoms. The van der Waals surface area contributed by atoms with Gasteiger partial charge in [-0.05, 0) is 54.5 Å². The predicted octanol–water partition coefficient (Wildman–Crippen LogP) is 3.91. The van der Waals surface area contributed by atoms with Gasteiger partial charge in [-0.2, -0.15) is 0 Å². The zero-order valence-electron chi connectivity index (χ0n) is 15.0. The van der Waals surface area contributed by atoms with Crippen molar-refractivity contribution in [3.05, 3.63) is 58.9 Å². The molecule has 4 nitrogen and oxygen atoms in total. The summed E-state index contributed by atoms with van der Waals surface area (Å²) in [7, 11) is 1.56. The van der Waals surface area contributed by atoms with E-state index in [1.807, 2.05) is 6.07 Å². The number of methoxy groups -OCH3 is 1. The molecule has 3 rings (SSSR count). The average Bonchev–Trinajstić information content (AvgIpc) is 2.63. The molecule has 0 aliphatic heterocycles. The minimum absolute atomic E-state index is 0.148. The number of anilines is 1. The van der Waals surface area contributed by atoms with Crippen molar-refractivity contribution < 1.29 is 18.7 Å². The topological polar surface area (TPSA) is 47.6 Å². The lowest BCUT2D eigenvalue weighted by Gasteiger charge is -2.16. The first kappa shape index (κ1) is 18.4. The van der Waals surface area contributed by atoms with E-state index in [0.717, 1.165) is 18.4 Å².